The molecule has 3 saturated heterocycles. The van der Waals surface area contributed by atoms with Crippen LogP contribution in [-0.2, 0) is 0 Å². The van der Waals surface area contributed by atoms with Crippen LogP contribution in [0.3, 0.4) is 0 Å². The molecule has 0 atom stereocenters. The quantitative estimate of drug-likeness (QED) is 0.359. The first kappa shape index (κ1) is 13.3. The molecule has 2 bridgehead atoms. The molecule has 3 rings (SSSR count). The highest BCUT2D eigenvalue weighted by Gasteiger charge is 2.49. The zero-order chi connectivity index (χ0) is 12.4. The molecule has 0 aromatic rings. The van der Waals surface area contributed by atoms with Crippen molar-refractivity contribution >= 4 is 0 Å². The summed E-state index contributed by atoms with van der Waals surface area (Å²) in [6.07, 6.45) is 1.32. The Labute approximate surface area is 106 Å². The first-order valence-corrected chi connectivity index (χ1v) is 7.33. The summed E-state index contributed by atoms with van der Waals surface area (Å²) >= 11 is 0. The first-order valence-electron chi connectivity index (χ1n) is 7.33. The van der Waals surface area contributed by atoms with Gasteiger partial charge in [0.15, 0.2) is 0 Å². The van der Waals surface area contributed by atoms with Crippen molar-refractivity contribution in [3.63, 3.8) is 0 Å². The molecule has 0 radical (unpaired) electrons. The lowest BCUT2D eigenvalue weighted by Gasteiger charge is -2.57. The smallest absolute Gasteiger partial charge is 0.129 e. The number of quaternary nitrogens is 3. The van der Waals surface area contributed by atoms with Crippen molar-refractivity contribution in [1.82, 2.24) is 5.32 Å². The number of nitrogens with one attached hydrogen (secondary N) is 1. The molecule has 4 N–H and O–H groups in total. The Kier molecular flexibility index (Phi) is 4.08. The maximum absolute atomic E-state index is 3.83. The molecule has 0 amide bonds. The predicted molar refractivity (Wildman–Crippen MR) is 70.1 cm³/mol. The highest BCUT2D eigenvalue weighted by atomic mass is 15.5. The van der Waals surface area contributed by atoms with Gasteiger partial charge in [0, 0.05) is 13.0 Å². The minimum Gasteiger partial charge on any atom is -0.345 e. The van der Waals surface area contributed by atoms with Crippen molar-refractivity contribution in [1.29, 1.82) is 0 Å². The molecule has 0 unspecified atom stereocenters. The fourth-order valence-electron chi connectivity index (χ4n) is 3.68. The summed E-state index contributed by atoms with van der Waals surface area (Å²) in [6.45, 7) is 16.7. The lowest BCUT2D eigenvalue weighted by molar-refractivity contribution is -1.09. The number of nitrogens with zero attached hydrogens (tertiary/aromatic N) is 2. The molecule has 0 aliphatic carbocycles. The van der Waals surface area contributed by atoms with Crippen LogP contribution < -0.4 is 11.1 Å². The van der Waals surface area contributed by atoms with Gasteiger partial charge in [0.1, 0.15) is 45.9 Å². The lowest BCUT2D eigenvalue weighted by atomic mass is 10.0. The number of fused-ring (bicyclic) bond motifs is 3. The Hall–Kier alpha value is -0.160. The molecule has 17 heavy (non-hydrogen) atoms. The van der Waals surface area contributed by atoms with Gasteiger partial charge < -0.3 is 14.7 Å². The predicted octanol–water partition coefficient (Wildman–Crippen LogP) is -0.765. The third kappa shape index (κ3) is 2.65. The molecule has 4 heteroatoms. The summed E-state index contributed by atoms with van der Waals surface area (Å²) in [6, 6.07) is 0.824. The molecule has 0 saturated carbocycles. The van der Waals surface area contributed by atoms with E-state index in [1.165, 1.54) is 61.2 Å². The standard InChI is InChI=1S/C13H30N4/c1-13(2)17-9-6-16(7-10-17,8-11-17)5-3-4-15-12-14/h13,15H,3-12,14H2,1-2H3/q+2/p+1. The van der Waals surface area contributed by atoms with Crippen LogP contribution in [0.15, 0.2) is 0 Å². The van der Waals surface area contributed by atoms with E-state index in [-0.39, 0.29) is 0 Å². The Balaban J connectivity index is 1.82. The van der Waals surface area contributed by atoms with E-state index in [1.54, 1.807) is 0 Å². The second kappa shape index (κ2) is 5.22. The number of hydrogen-bond acceptors (Lipinski definition) is 1. The summed E-state index contributed by atoms with van der Waals surface area (Å²) in [5.74, 6) is 0. The van der Waals surface area contributed by atoms with Crippen LogP contribution in [0, 0.1) is 0 Å². The Morgan fingerprint density at radius 2 is 1.65 bits per heavy atom. The van der Waals surface area contributed by atoms with E-state index in [0.717, 1.165) is 19.3 Å². The largest absolute Gasteiger partial charge is 0.345 e. The van der Waals surface area contributed by atoms with Crippen molar-refractivity contribution in [2.75, 3.05) is 59.0 Å². The third-order valence-electron chi connectivity index (χ3n) is 5.32. The molecular formula is C13H31N4+3. The average molecular weight is 243 g/mol. The van der Waals surface area contributed by atoms with Crippen molar-refractivity contribution in [2.24, 2.45) is 0 Å². The minimum atomic E-state index is 0.824. The van der Waals surface area contributed by atoms with Gasteiger partial charge in [-0.3, -0.25) is 5.32 Å². The number of rotatable bonds is 6. The summed E-state index contributed by atoms with van der Waals surface area (Å²) < 4.78 is 2.81. The molecule has 3 fully saturated rings. The first-order chi connectivity index (χ1) is 8.13. The van der Waals surface area contributed by atoms with Gasteiger partial charge in [-0.15, -0.1) is 0 Å². The van der Waals surface area contributed by atoms with Gasteiger partial charge in [-0.05, 0) is 13.8 Å². The van der Waals surface area contributed by atoms with E-state index >= 15 is 0 Å². The number of piperazine rings is 3. The molecule has 0 aromatic heterocycles. The van der Waals surface area contributed by atoms with Crippen molar-refractivity contribution in [3.8, 4) is 0 Å². The molecule has 0 aromatic carbocycles. The van der Waals surface area contributed by atoms with Gasteiger partial charge in [0.25, 0.3) is 0 Å². The number of hydrogen-bond donors (Lipinski definition) is 2. The molecule has 100 valence electrons. The van der Waals surface area contributed by atoms with E-state index in [0.29, 0.717) is 0 Å². The fourth-order valence-corrected chi connectivity index (χ4v) is 3.68. The summed E-state index contributed by atoms with van der Waals surface area (Å²) in [5, 5.41) is 3.34. The second-order valence-electron chi connectivity index (χ2n) is 6.32. The minimum absolute atomic E-state index is 0.824. The maximum atomic E-state index is 3.83. The van der Waals surface area contributed by atoms with E-state index in [1.807, 2.05) is 0 Å². The highest BCUT2D eigenvalue weighted by molar-refractivity contribution is 4.64. The van der Waals surface area contributed by atoms with Crippen molar-refractivity contribution < 1.29 is 14.7 Å². The van der Waals surface area contributed by atoms with E-state index in [2.05, 4.69) is 24.9 Å². The normalized spacial score (nSPS) is 36.7. The molecule has 3 heterocycles. The average Bonchev–Trinajstić information content (AvgIpc) is 2.37. The Morgan fingerprint density at radius 3 is 2.12 bits per heavy atom. The third-order valence-corrected chi connectivity index (χ3v) is 5.32. The van der Waals surface area contributed by atoms with E-state index in [9.17, 15) is 0 Å². The SMILES string of the molecule is CC(C)[N+]12CC[N+](CCCNC[NH3+])(CC1)CC2. The van der Waals surface area contributed by atoms with Crippen LogP contribution in [0.1, 0.15) is 20.3 Å². The van der Waals surface area contributed by atoms with Gasteiger partial charge >= 0.3 is 0 Å². The van der Waals surface area contributed by atoms with Crippen LogP contribution in [0.25, 0.3) is 0 Å². The lowest BCUT2D eigenvalue weighted by Crippen LogP contribution is -2.76. The summed E-state index contributed by atoms with van der Waals surface area (Å²) in [4.78, 5) is 0. The Bertz CT molecular complexity index is 227. The van der Waals surface area contributed by atoms with Crippen molar-refractivity contribution in [3.05, 3.63) is 0 Å². The maximum Gasteiger partial charge on any atom is 0.129 e. The molecule has 3 aliphatic rings. The summed E-state index contributed by atoms with van der Waals surface area (Å²) in [7, 11) is 0. The molecule has 0 spiro atoms. The second-order valence-corrected chi connectivity index (χ2v) is 6.32. The van der Waals surface area contributed by atoms with Gasteiger partial charge in [-0.25, -0.2) is 0 Å². The zero-order valence-electron chi connectivity index (χ0n) is 11.7. The molecule has 3 aliphatic heterocycles. The van der Waals surface area contributed by atoms with Crippen LogP contribution >= 0.6 is 0 Å². The fraction of sp³-hybridized carbons (Fsp3) is 1.00. The van der Waals surface area contributed by atoms with Crippen LogP contribution in [0.2, 0.25) is 0 Å². The van der Waals surface area contributed by atoms with Crippen LogP contribution in [0.4, 0.5) is 0 Å². The van der Waals surface area contributed by atoms with E-state index in [4.69, 9.17) is 0 Å². The van der Waals surface area contributed by atoms with Crippen LogP contribution in [0.5, 0.6) is 0 Å². The van der Waals surface area contributed by atoms with Crippen molar-refractivity contribution in [2.45, 2.75) is 26.3 Å². The van der Waals surface area contributed by atoms with Gasteiger partial charge in [-0.1, -0.05) is 0 Å². The highest BCUT2D eigenvalue weighted by Crippen LogP contribution is 2.29. The Morgan fingerprint density at radius 1 is 1.06 bits per heavy atom. The van der Waals surface area contributed by atoms with Gasteiger partial charge in [-0.2, -0.15) is 0 Å². The summed E-state index contributed by atoms with van der Waals surface area (Å²) in [5.41, 5.74) is 3.83. The van der Waals surface area contributed by atoms with Gasteiger partial charge in [0.2, 0.25) is 0 Å². The van der Waals surface area contributed by atoms with E-state index < -0.39 is 0 Å². The molecular weight excluding hydrogens is 212 g/mol. The topological polar surface area (TPSA) is 39.7 Å². The molecule has 4 nitrogen and oxygen atoms in total. The monoisotopic (exact) mass is 243 g/mol. The van der Waals surface area contributed by atoms with Gasteiger partial charge in [0.05, 0.1) is 12.6 Å². The van der Waals surface area contributed by atoms with Crippen LogP contribution in [-0.4, -0.2) is 74.0 Å². The zero-order valence-corrected chi connectivity index (χ0v) is 11.7.